The molecule has 18 heavy (non-hydrogen) atoms. The monoisotopic (exact) mass is 246 g/mol. The topological polar surface area (TPSA) is 35.5 Å². The molecule has 0 heterocycles. The summed E-state index contributed by atoms with van der Waals surface area (Å²) in [4.78, 5) is 10.9. The molecule has 0 bridgehead atoms. The molecule has 0 atom stereocenters. The fraction of sp³-hybridized carbons (Fsp3) is 0.267. The van der Waals surface area contributed by atoms with Crippen molar-refractivity contribution in [2.24, 2.45) is 0 Å². The fourth-order valence-electron chi connectivity index (χ4n) is 1.38. The largest absolute Gasteiger partial charge is 0.497 e. The average Bonchev–Trinajstić information content (AvgIpc) is 2.42. The van der Waals surface area contributed by atoms with Gasteiger partial charge in [0.15, 0.2) is 0 Å². The second-order valence-corrected chi connectivity index (χ2v) is 3.86. The molecule has 3 heteroatoms. The molecule has 0 saturated heterocycles. The summed E-state index contributed by atoms with van der Waals surface area (Å²) in [5.41, 5.74) is 2.22. The van der Waals surface area contributed by atoms with Gasteiger partial charge < -0.3 is 9.47 Å². The van der Waals surface area contributed by atoms with Crippen molar-refractivity contribution in [1.82, 2.24) is 0 Å². The van der Waals surface area contributed by atoms with E-state index in [-0.39, 0.29) is 5.97 Å². The summed E-state index contributed by atoms with van der Waals surface area (Å²) < 4.78 is 9.62. The molecule has 0 saturated carbocycles. The molecule has 0 aliphatic rings. The maximum Gasteiger partial charge on any atom is 0.330 e. The van der Waals surface area contributed by atoms with Gasteiger partial charge in [-0.2, -0.15) is 0 Å². The molecule has 96 valence electrons. The number of hydrogen-bond donors (Lipinski definition) is 0. The van der Waals surface area contributed by atoms with Gasteiger partial charge in [-0.15, -0.1) is 0 Å². The summed E-state index contributed by atoms with van der Waals surface area (Å²) in [5, 5.41) is 0. The maximum absolute atomic E-state index is 10.9. The van der Waals surface area contributed by atoms with E-state index in [0.29, 0.717) is 0 Å². The number of carbonyl (C=O) groups excluding carboxylic acids is 1. The van der Waals surface area contributed by atoms with Crippen LogP contribution in [0.1, 0.15) is 12.5 Å². The predicted octanol–water partition coefficient (Wildman–Crippen LogP) is 2.91. The summed E-state index contributed by atoms with van der Waals surface area (Å²) in [5.74, 6) is 0.511. The molecule has 0 aliphatic carbocycles. The van der Waals surface area contributed by atoms with Crippen LogP contribution in [0.5, 0.6) is 5.75 Å². The second-order valence-electron chi connectivity index (χ2n) is 3.86. The number of carbonyl (C=O) groups is 1. The number of rotatable bonds is 5. The highest BCUT2D eigenvalue weighted by molar-refractivity contribution is 5.82. The van der Waals surface area contributed by atoms with Crippen molar-refractivity contribution in [3.63, 3.8) is 0 Å². The Balaban J connectivity index is 2.56. The van der Waals surface area contributed by atoms with E-state index in [1.807, 2.05) is 31.2 Å². The Kier molecular flexibility index (Phi) is 5.71. The zero-order chi connectivity index (χ0) is 13.4. The summed E-state index contributed by atoms with van der Waals surface area (Å²) in [7, 11) is 3.01. The molecular weight excluding hydrogens is 228 g/mol. The van der Waals surface area contributed by atoms with Crippen molar-refractivity contribution >= 4 is 5.97 Å². The van der Waals surface area contributed by atoms with Gasteiger partial charge in [-0.1, -0.05) is 29.9 Å². The van der Waals surface area contributed by atoms with Crippen LogP contribution in [0.25, 0.3) is 0 Å². The smallest absolute Gasteiger partial charge is 0.330 e. The minimum Gasteiger partial charge on any atom is -0.497 e. The second kappa shape index (κ2) is 7.33. The van der Waals surface area contributed by atoms with Crippen molar-refractivity contribution in [2.45, 2.75) is 13.3 Å². The molecule has 0 N–H and O–H groups in total. The number of hydrogen-bond acceptors (Lipinski definition) is 3. The van der Waals surface area contributed by atoms with E-state index in [0.717, 1.165) is 17.7 Å². The third kappa shape index (κ3) is 4.87. The number of methoxy groups -OCH3 is 2. The lowest BCUT2D eigenvalue weighted by Gasteiger charge is -2.01. The molecule has 0 aromatic heterocycles. The lowest BCUT2D eigenvalue weighted by molar-refractivity contribution is -0.134. The number of ether oxygens (including phenoxy) is 2. The normalized spacial score (nSPS) is 11.6. The van der Waals surface area contributed by atoms with E-state index in [2.05, 4.69) is 10.8 Å². The lowest BCUT2D eigenvalue weighted by atomic mass is 10.1. The van der Waals surface area contributed by atoms with Gasteiger partial charge >= 0.3 is 5.97 Å². The van der Waals surface area contributed by atoms with Crippen LogP contribution in [0.2, 0.25) is 0 Å². The van der Waals surface area contributed by atoms with Crippen LogP contribution in [0.4, 0.5) is 0 Å². The quantitative estimate of drug-likeness (QED) is 0.455. The Morgan fingerprint density at radius 3 is 2.39 bits per heavy atom. The molecule has 0 radical (unpaired) electrons. The minimum absolute atomic E-state index is 0.341. The molecule has 3 nitrogen and oxygen atoms in total. The first-order chi connectivity index (χ1) is 8.65. The van der Waals surface area contributed by atoms with Crippen molar-refractivity contribution in [2.75, 3.05) is 14.2 Å². The van der Waals surface area contributed by atoms with E-state index in [4.69, 9.17) is 4.74 Å². The van der Waals surface area contributed by atoms with Crippen LogP contribution in [-0.4, -0.2) is 20.2 Å². The van der Waals surface area contributed by atoms with Gasteiger partial charge in [0.1, 0.15) is 5.75 Å². The van der Waals surface area contributed by atoms with E-state index in [9.17, 15) is 4.79 Å². The first kappa shape index (κ1) is 14.0. The molecule has 1 aromatic carbocycles. The highest BCUT2D eigenvalue weighted by Gasteiger charge is 1.94. The van der Waals surface area contributed by atoms with Crippen LogP contribution in [0, 0.1) is 0 Å². The number of esters is 1. The Hall–Kier alpha value is -2.03. The Morgan fingerprint density at radius 1 is 1.17 bits per heavy atom. The van der Waals surface area contributed by atoms with Crippen molar-refractivity contribution in [3.05, 3.63) is 53.6 Å². The third-order valence-electron chi connectivity index (χ3n) is 2.50. The van der Waals surface area contributed by atoms with Crippen molar-refractivity contribution in [3.8, 4) is 5.75 Å². The van der Waals surface area contributed by atoms with Crippen LogP contribution in [0.15, 0.2) is 48.1 Å². The van der Waals surface area contributed by atoms with Gasteiger partial charge in [0.25, 0.3) is 0 Å². The van der Waals surface area contributed by atoms with E-state index >= 15 is 0 Å². The standard InChI is InChI=1S/C15H18O3/c1-12(5-11-15(16)18-3)4-6-13-7-9-14(17-2)10-8-13/h4-5,7-11H,6H2,1-3H3/b11-5-,12-4+. The molecular formula is C15H18O3. The Morgan fingerprint density at radius 2 is 1.83 bits per heavy atom. The summed E-state index contributed by atoms with van der Waals surface area (Å²) in [6, 6.07) is 7.91. The molecule has 0 amide bonds. The van der Waals surface area contributed by atoms with E-state index < -0.39 is 0 Å². The summed E-state index contributed by atoms with van der Waals surface area (Å²) in [6.07, 6.45) is 6.04. The molecule has 1 aromatic rings. The highest BCUT2D eigenvalue weighted by atomic mass is 16.5. The lowest BCUT2D eigenvalue weighted by Crippen LogP contribution is -1.93. The Bertz CT molecular complexity index is 441. The van der Waals surface area contributed by atoms with Gasteiger partial charge in [0.05, 0.1) is 14.2 Å². The van der Waals surface area contributed by atoms with E-state index in [1.165, 1.54) is 18.7 Å². The van der Waals surface area contributed by atoms with Crippen LogP contribution in [-0.2, 0) is 16.0 Å². The number of allylic oxidation sites excluding steroid dienone is 3. The van der Waals surface area contributed by atoms with E-state index in [1.54, 1.807) is 13.2 Å². The molecule has 0 fully saturated rings. The van der Waals surface area contributed by atoms with Crippen LogP contribution < -0.4 is 4.74 Å². The van der Waals surface area contributed by atoms with Crippen molar-refractivity contribution in [1.29, 1.82) is 0 Å². The maximum atomic E-state index is 10.9. The van der Waals surface area contributed by atoms with Gasteiger partial charge in [0.2, 0.25) is 0 Å². The van der Waals surface area contributed by atoms with Crippen molar-refractivity contribution < 1.29 is 14.3 Å². The Labute approximate surface area is 108 Å². The zero-order valence-corrected chi connectivity index (χ0v) is 11.0. The van der Waals surface area contributed by atoms with Gasteiger partial charge in [-0.25, -0.2) is 4.79 Å². The first-order valence-electron chi connectivity index (χ1n) is 5.71. The number of benzene rings is 1. The first-order valence-corrected chi connectivity index (χ1v) is 5.71. The predicted molar refractivity (Wildman–Crippen MR) is 71.6 cm³/mol. The molecule has 0 spiro atoms. The molecule has 0 aliphatic heterocycles. The highest BCUT2D eigenvalue weighted by Crippen LogP contribution is 2.12. The SMILES string of the molecule is COC(=O)/C=C\C(C)=C\Cc1ccc(OC)cc1. The van der Waals surface area contributed by atoms with Gasteiger partial charge in [0, 0.05) is 6.08 Å². The van der Waals surface area contributed by atoms with Crippen LogP contribution in [0.3, 0.4) is 0 Å². The van der Waals surface area contributed by atoms with Gasteiger partial charge in [-0.3, -0.25) is 0 Å². The zero-order valence-electron chi connectivity index (χ0n) is 11.0. The molecule has 0 unspecified atom stereocenters. The van der Waals surface area contributed by atoms with Gasteiger partial charge in [-0.05, 0) is 31.0 Å². The van der Waals surface area contributed by atoms with Crippen LogP contribution >= 0.6 is 0 Å². The summed E-state index contributed by atoms with van der Waals surface area (Å²) >= 11 is 0. The minimum atomic E-state index is -0.341. The molecule has 1 rings (SSSR count). The summed E-state index contributed by atoms with van der Waals surface area (Å²) in [6.45, 7) is 1.95. The fourth-order valence-corrected chi connectivity index (χ4v) is 1.38. The third-order valence-corrected chi connectivity index (χ3v) is 2.50. The average molecular weight is 246 g/mol.